The van der Waals surface area contributed by atoms with Gasteiger partial charge in [0.1, 0.15) is 6.10 Å². The number of benzene rings is 1. The van der Waals surface area contributed by atoms with E-state index in [0.29, 0.717) is 6.54 Å². The van der Waals surface area contributed by atoms with E-state index in [1.54, 1.807) is 0 Å². The van der Waals surface area contributed by atoms with E-state index in [-0.39, 0.29) is 6.54 Å². The SMILES string of the molecule is Cc1ccc(N2C[C@H](CNS(C)(=O)=O)OC2=O)cc1. The molecule has 1 aromatic carbocycles. The van der Waals surface area contributed by atoms with Crippen molar-refractivity contribution >= 4 is 21.8 Å². The standard InChI is InChI=1S/C12H16N2O4S/c1-9-3-5-10(6-4-9)14-8-11(18-12(14)15)7-13-19(2,16)17/h3-6,11,13H,7-8H2,1-2H3/t11-/m0/s1. The van der Waals surface area contributed by atoms with Crippen LogP contribution in [-0.4, -0.2) is 40.0 Å². The molecule has 0 spiro atoms. The Labute approximate surface area is 112 Å². The lowest BCUT2D eigenvalue weighted by atomic mass is 10.2. The molecular weight excluding hydrogens is 268 g/mol. The van der Waals surface area contributed by atoms with Gasteiger partial charge in [-0.3, -0.25) is 4.90 Å². The van der Waals surface area contributed by atoms with Gasteiger partial charge in [0.2, 0.25) is 10.0 Å². The van der Waals surface area contributed by atoms with Crippen molar-refractivity contribution in [2.24, 2.45) is 0 Å². The third-order valence-corrected chi connectivity index (χ3v) is 3.48. The molecule has 0 saturated carbocycles. The first-order valence-electron chi connectivity index (χ1n) is 5.84. The van der Waals surface area contributed by atoms with Gasteiger partial charge in [-0.25, -0.2) is 17.9 Å². The number of carbonyl (C=O) groups is 1. The summed E-state index contributed by atoms with van der Waals surface area (Å²) < 4.78 is 29.4. The van der Waals surface area contributed by atoms with Crippen LogP contribution in [0.25, 0.3) is 0 Å². The van der Waals surface area contributed by atoms with Crippen LogP contribution in [0, 0.1) is 6.92 Å². The minimum absolute atomic E-state index is 0.0902. The summed E-state index contributed by atoms with van der Waals surface area (Å²) in [6.07, 6.45) is 0.148. The summed E-state index contributed by atoms with van der Waals surface area (Å²) in [5, 5.41) is 0. The highest BCUT2D eigenvalue weighted by molar-refractivity contribution is 7.88. The number of carbonyl (C=O) groups excluding carboxylic acids is 1. The number of ether oxygens (including phenoxy) is 1. The molecule has 1 aliphatic heterocycles. The number of hydrogen-bond acceptors (Lipinski definition) is 4. The van der Waals surface area contributed by atoms with Gasteiger partial charge in [0.15, 0.2) is 0 Å². The number of hydrogen-bond donors (Lipinski definition) is 1. The Morgan fingerprint density at radius 1 is 1.37 bits per heavy atom. The fourth-order valence-electron chi connectivity index (χ4n) is 1.81. The molecule has 0 radical (unpaired) electrons. The van der Waals surface area contributed by atoms with Crippen LogP contribution in [0.3, 0.4) is 0 Å². The lowest BCUT2D eigenvalue weighted by Crippen LogP contribution is -2.33. The lowest BCUT2D eigenvalue weighted by Gasteiger charge is -2.13. The molecule has 0 bridgehead atoms. The predicted octanol–water partition coefficient (Wildman–Crippen LogP) is 0.869. The molecule has 1 atom stereocenters. The Morgan fingerprint density at radius 3 is 2.58 bits per heavy atom. The van der Waals surface area contributed by atoms with E-state index in [1.165, 1.54) is 4.90 Å². The van der Waals surface area contributed by atoms with Crippen LogP contribution in [0.1, 0.15) is 5.56 Å². The first kappa shape index (κ1) is 13.8. The monoisotopic (exact) mass is 284 g/mol. The number of aryl methyl sites for hydroxylation is 1. The highest BCUT2D eigenvalue weighted by Gasteiger charge is 2.32. The first-order chi connectivity index (χ1) is 8.85. The molecule has 104 valence electrons. The van der Waals surface area contributed by atoms with E-state index in [2.05, 4.69) is 4.72 Å². The van der Waals surface area contributed by atoms with Gasteiger partial charge in [0.05, 0.1) is 12.8 Å². The molecule has 0 aliphatic carbocycles. The average Bonchev–Trinajstić information content (AvgIpc) is 2.68. The fourth-order valence-corrected chi connectivity index (χ4v) is 2.30. The van der Waals surface area contributed by atoms with Crippen LogP contribution in [0.2, 0.25) is 0 Å². The highest BCUT2D eigenvalue weighted by atomic mass is 32.2. The molecule has 7 heteroatoms. The van der Waals surface area contributed by atoms with Crippen molar-refractivity contribution in [2.45, 2.75) is 13.0 Å². The van der Waals surface area contributed by atoms with Gasteiger partial charge in [-0.2, -0.15) is 0 Å². The summed E-state index contributed by atoms with van der Waals surface area (Å²) in [4.78, 5) is 13.2. The van der Waals surface area contributed by atoms with Crippen molar-refractivity contribution in [1.29, 1.82) is 0 Å². The Bertz CT molecular complexity index is 568. The second kappa shape index (κ2) is 5.18. The van der Waals surface area contributed by atoms with Gasteiger partial charge in [-0.05, 0) is 19.1 Å². The number of amides is 1. The Morgan fingerprint density at radius 2 is 2.00 bits per heavy atom. The molecule has 1 saturated heterocycles. The topological polar surface area (TPSA) is 75.7 Å². The molecule has 1 fully saturated rings. The number of anilines is 1. The van der Waals surface area contributed by atoms with E-state index < -0.39 is 22.2 Å². The predicted molar refractivity (Wildman–Crippen MR) is 71.6 cm³/mol. The summed E-state index contributed by atoms with van der Waals surface area (Å²) >= 11 is 0. The van der Waals surface area contributed by atoms with Crippen LogP contribution in [0.5, 0.6) is 0 Å². The number of nitrogens with zero attached hydrogens (tertiary/aromatic N) is 1. The maximum atomic E-state index is 11.7. The van der Waals surface area contributed by atoms with Gasteiger partial charge in [-0.15, -0.1) is 0 Å². The van der Waals surface area contributed by atoms with Gasteiger partial charge < -0.3 is 4.74 Å². The molecule has 1 heterocycles. The number of sulfonamides is 1. The Hall–Kier alpha value is -1.60. The van der Waals surface area contributed by atoms with Gasteiger partial charge >= 0.3 is 6.09 Å². The minimum Gasteiger partial charge on any atom is -0.443 e. The van der Waals surface area contributed by atoms with Crippen molar-refractivity contribution in [2.75, 3.05) is 24.2 Å². The molecule has 19 heavy (non-hydrogen) atoms. The summed E-state index contributed by atoms with van der Waals surface area (Å²) in [6, 6.07) is 7.49. The molecular formula is C12H16N2O4S. The van der Waals surface area contributed by atoms with Gasteiger partial charge in [-0.1, -0.05) is 17.7 Å². The van der Waals surface area contributed by atoms with Crippen LogP contribution in [0.4, 0.5) is 10.5 Å². The van der Waals surface area contributed by atoms with Crippen LogP contribution < -0.4 is 9.62 Å². The second-order valence-electron chi connectivity index (χ2n) is 4.57. The van der Waals surface area contributed by atoms with Crippen molar-refractivity contribution < 1.29 is 17.9 Å². The first-order valence-corrected chi connectivity index (χ1v) is 7.74. The number of nitrogens with one attached hydrogen (secondary N) is 1. The van der Waals surface area contributed by atoms with Crippen molar-refractivity contribution in [3.05, 3.63) is 29.8 Å². The van der Waals surface area contributed by atoms with Gasteiger partial charge in [0.25, 0.3) is 0 Å². The number of rotatable bonds is 4. The maximum Gasteiger partial charge on any atom is 0.414 e. The molecule has 6 nitrogen and oxygen atoms in total. The zero-order valence-corrected chi connectivity index (χ0v) is 11.6. The smallest absolute Gasteiger partial charge is 0.414 e. The summed E-state index contributed by atoms with van der Waals surface area (Å²) in [6.45, 7) is 2.39. The lowest BCUT2D eigenvalue weighted by molar-refractivity contribution is 0.143. The van der Waals surface area contributed by atoms with Crippen molar-refractivity contribution in [3.63, 3.8) is 0 Å². The second-order valence-corrected chi connectivity index (χ2v) is 6.41. The van der Waals surface area contributed by atoms with Gasteiger partial charge in [0, 0.05) is 12.2 Å². The average molecular weight is 284 g/mol. The highest BCUT2D eigenvalue weighted by Crippen LogP contribution is 2.21. The number of cyclic esters (lactones) is 1. The third kappa shape index (κ3) is 3.68. The van der Waals surface area contributed by atoms with Crippen LogP contribution >= 0.6 is 0 Å². The normalized spacial score (nSPS) is 19.6. The van der Waals surface area contributed by atoms with E-state index in [4.69, 9.17) is 4.74 Å². The van der Waals surface area contributed by atoms with Crippen LogP contribution in [-0.2, 0) is 14.8 Å². The van der Waals surface area contributed by atoms with E-state index in [0.717, 1.165) is 17.5 Å². The quantitative estimate of drug-likeness (QED) is 0.890. The minimum atomic E-state index is -3.28. The van der Waals surface area contributed by atoms with E-state index >= 15 is 0 Å². The zero-order valence-electron chi connectivity index (χ0n) is 10.8. The van der Waals surface area contributed by atoms with Crippen molar-refractivity contribution in [3.8, 4) is 0 Å². The van der Waals surface area contributed by atoms with Crippen LogP contribution in [0.15, 0.2) is 24.3 Å². The molecule has 1 amide bonds. The molecule has 1 N–H and O–H groups in total. The molecule has 0 unspecified atom stereocenters. The molecule has 1 aromatic rings. The Kier molecular flexibility index (Phi) is 3.77. The van der Waals surface area contributed by atoms with E-state index in [1.807, 2.05) is 31.2 Å². The Balaban J connectivity index is 2.01. The molecule has 0 aromatic heterocycles. The summed E-state index contributed by atoms with van der Waals surface area (Å²) in [7, 11) is -3.28. The van der Waals surface area contributed by atoms with E-state index in [9.17, 15) is 13.2 Å². The molecule has 2 rings (SSSR count). The summed E-state index contributed by atoms with van der Waals surface area (Å²) in [5.74, 6) is 0. The summed E-state index contributed by atoms with van der Waals surface area (Å²) in [5.41, 5.74) is 1.85. The molecule has 1 aliphatic rings. The zero-order chi connectivity index (χ0) is 14.0. The fraction of sp³-hybridized carbons (Fsp3) is 0.417. The third-order valence-electron chi connectivity index (χ3n) is 2.79. The van der Waals surface area contributed by atoms with Crippen molar-refractivity contribution in [1.82, 2.24) is 4.72 Å². The maximum absolute atomic E-state index is 11.7. The largest absolute Gasteiger partial charge is 0.443 e.